The number of hydrogen-bond acceptors (Lipinski definition) is 11. The van der Waals surface area contributed by atoms with Gasteiger partial charge in [0.15, 0.2) is 0 Å². The number of aliphatic hydroxyl groups is 1. The molecule has 0 aromatic heterocycles. The molecule has 1 N–H and O–H groups in total. The lowest BCUT2D eigenvalue weighted by atomic mass is 9.64. The van der Waals surface area contributed by atoms with Gasteiger partial charge in [0, 0.05) is 0 Å². The molecule has 45 heavy (non-hydrogen) atoms. The Balaban J connectivity index is 1.72. The summed E-state index contributed by atoms with van der Waals surface area (Å²) in [5, 5.41) is 8.58. The molecule has 270 valence electrons. The van der Waals surface area contributed by atoms with E-state index in [-0.39, 0.29) is 6.61 Å². The van der Waals surface area contributed by atoms with E-state index in [0.29, 0.717) is 142 Å². The molecular formula is C34H68O11. The molecule has 0 saturated heterocycles. The van der Waals surface area contributed by atoms with E-state index in [1.807, 2.05) is 0 Å². The Labute approximate surface area is 274 Å². The van der Waals surface area contributed by atoms with E-state index in [1.54, 1.807) is 0 Å². The summed E-state index contributed by atoms with van der Waals surface area (Å²) in [4.78, 5) is 0. The normalized spacial score (nSPS) is 17.7. The molecule has 0 radical (unpaired) electrons. The SMILES string of the molecule is CC(C)(C)CC(C)(C)C1CCC(OCCOCCOCCOCCOCCOCCOCCOCCOCCOCCO)CC1. The highest BCUT2D eigenvalue weighted by Gasteiger charge is 2.36. The number of hydrogen-bond donors (Lipinski definition) is 1. The average Bonchev–Trinajstić information content (AvgIpc) is 2.99. The summed E-state index contributed by atoms with van der Waals surface area (Å²) in [6, 6.07) is 0. The van der Waals surface area contributed by atoms with Crippen LogP contribution >= 0.6 is 0 Å². The molecule has 1 aliphatic rings. The van der Waals surface area contributed by atoms with Gasteiger partial charge in [-0.05, 0) is 48.9 Å². The van der Waals surface area contributed by atoms with Gasteiger partial charge >= 0.3 is 0 Å². The Bertz CT molecular complexity index is 622. The van der Waals surface area contributed by atoms with Gasteiger partial charge in [0.05, 0.1) is 138 Å². The van der Waals surface area contributed by atoms with Crippen molar-refractivity contribution in [1.82, 2.24) is 0 Å². The average molecular weight is 653 g/mol. The predicted octanol–water partition coefficient (Wildman–Crippen LogP) is 4.17. The quantitative estimate of drug-likeness (QED) is 0.106. The van der Waals surface area contributed by atoms with E-state index in [2.05, 4.69) is 34.6 Å². The Hall–Kier alpha value is -0.440. The van der Waals surface area contributed by atoms with E-state index >= 15 is 0 Å². The van der Waals surface area contributed by atoms with Crippen LogP contribution in [0.1, 0.15) is 66.7 Å². The predicted molar refractivity (Wildman–Crippen MR) is 174 cm³/mol. The van der Waals surface area contributed by atoms with Gasteiger partial charge in [-0.25, -0.2) is 0 Å². The molecule has 1 saturated carbocycles. The van der Waals surface area contributed by atoms with E-state index in [4.69, 9.17) is 52.5 Å². The van der Waals surface area contributed by atoms with Crippen molar-refractivity contribution in [2.45, 2.75) is 72.8 Å². The van der Waals surface area contributed by atoms with Crippen molar-refractivity contribution < 1.29 is 52.5 Å². The third-order valence-electron chi connectivity index (χ3n) is 7.56. The summed E-state index contributed by atoms with van der Waals surface area (Å²) >= 11 is 0. The summed E-state index contributed by atoms with van der Waals surface area (Å²) < 4.78 is 55.1. The fraction of sp³-hybridized carbons (Fsp3) is 1.00. The minimum atomic E-state index is 0.0295. The molecule has 0 aliphatic heterocycles. The second kappa shape index (κ2) is 28.6. The largest absolute Gasteiger partial charge is 0.394 e. The van der Waals surface area contributed by atoms with Gasteiger partial charge in [0.2, 0.25) is 0 Å². The van der Waals surface area contributed by atoms with Gasteiger partial charge in [-0.3, -0.25) is 0 Å². The summed E-state index contributed by atoms with van der Waals surface area (Å²) in [6.07, 6.45) is 6.51. The van der Waals surface area contributed by atoms with Crippen molar-refractivity contribution in [2.75, 3.05) is 132 Å². The van der Waals surface area contributed by atoms with Crippen LogP contribution in [0.3, 0.4) is 0 Å². The highest BCUT2D eigenvalue weighted by molar-refractivity contribution is 4.86. The molecule has 11 nitrogen and oxygen atoms in total. The highest BCUT2D eigenvalue weighted by Crippen LogP contribution is 2.45. The van der Waals surface area contributed by atoms with Crippen LogP contribution in [0.15, 0.2) is 0 Å². The minimum Gasteiger partial charge on any atom is -0.394 e. The van der Waals surface area contributed by atoms with Crippen LogP contribution in [0.2, 0.25) is 0 Å². The molecule has 0 aromatic rings. The van der Waals surface area contributed by atoms with Gasteiger partial charge in [-0.2, -0.15) is 0 Å². The van der Waals surface area contributed by atoms with Crippen LogP contribution in [0, 0.1) is 16.7 Å². The van der Waals surface area contributed by atoms with Crippen LogP contribution in [0.25, 0.3) is 0 Å². The first-order valence-corrected chi connectivity index (χ1v) is 17.2. The van der Waals surface area contributed by atoms with Crippen LogP contribution in [0.5, 0.6) is 0 Å². The van der Waals surface area contributed by atoms with Crippen LogP contribution < -0.4 is 0 Å². The van der Waals surface area contributed by atoms with Gasteiger partial charge in [-0.15, -0.1) is 0 Å². The first-order valence-electron chi connectivity index (χ1n) is 17.2. The van der Waals surface area contributed by atoms with E-state index in [9.17, 15) is 0 Å². The molecule has 1 aliphatic carbocycles. The van der Waals surface area contributed by atoms with Gasteiger partial charge in [-0.1, -0.05) is 34.6 Å². The molecule has 0 bridgehead atoms. The molecule has 0 spiro atoms. The lowest BCUT2D eigenvalue weighted by molar-refractivity contribution is -0.0415. The molecule has 11 heteroatoms. The molecule has 0 unspecified atom stereocenters. The molecule has 0 heterocycles. The maximum Gasteiger partial charge on any atom is 0.0704 e. The maximum atomic E-state index is 8.58. The van der Waals surface area contributed by atoms with Crippen LogP contribution in [-0.2, 0) is 47.4 Å². The molecule has 0 aromatic carbocycles. The smallest absolute Gasteiger partial charge is 0.0704 e. The summed E-state index contributed by atoms with van der Waals surface area (Å²) in [5.41, 5.74) is 0.773. The van der Waals surface area contributed by atoms with E-state index < -0.39 is 0 Å². The Kier molecular flexibility index (Phi) is 27.0. The van der Waals surface area contributed by atoms with Gasteiger partial charge in [0.25, 0.3) is 0 Å². The van der Waals surface area contributed by atoms with Crippen LogP contribution in [-0.4, -0.2) is 143 Å². The van der Waals surface area contributed by atoms with Crippen molar-refractivity contribution in [1.29, 1.82) is 0 Å². The zero-order valence-corrected chi connectivity index (χ0v) is 29.4. The fourth-order valence-electron chi connectivity index (χ4n) is 5.72. The zero-order valence-electron chi connectivity index (χ0n) is 29.4. The van der Waals surface area contributed by atoms with Crippen LogP contribution in [0.4, 0.5) is 0 Å². The van der Waals surface area contributed by atoms with Crippen molar-refractivity contribution in [3.8, 4) is 0 Å². The lowest BCUT2D eigenvalue weighted by Gasteiger charge is -2.42. The first kappa shape index (κ1) is 42.6. The molecule has 1 fully saturated rings. The fourth-order valence-corrected chi connectivity index (χ4v) is 5.72. The third kappa shape index (κ3) is 27.2. The molecule has 1 rings (SSSR count). The Morgan fingerprint density at radius 3 is 1.00 bits per heavy atom. The van der Waals surface area contributed by atoms with E-state index in [0.717, 1.165) is 18.8 Å². The highest BCUT2D eigenvalue weighted by atomic mass is 16.6. The Morgan fingerprint density at radius 1 is 0.422 bits per heavy atom. The van der Waals surface area contributed by atoms with Crippen molar-refractivity contribution in [2.24, 2.45) is 16.7 Å². The van der Waals surface area contributed by atoms with Gasteiger partial charge < -0.3 is 52.5 Å². The minimum absolute atomic E-state index is 0.0295. The number of rotatable bonds is 32. The van der Waals surface area contributed by atoms with Crippen molar-refractivity contribution in [3.05, 3.63) is 0 Å². The third-order valence-corrected chi connectivity index (χ3v) is 7.56. The number of ether oxygens (including phenoxy) is 10. The van der Waals surface area contributed by atoms with Crippen molar-refractivity contribution in [3.63, 3.8) is 0 Å². The standard InChI is InChI=1S/C34H68O11/c1-33(2,3)30-34(4,5)31-6-8-32(9-7-31)45-29-28-44-27-26-43-25-24-42-23-22-41-21-20-40-19-18-39-17-16-38-15-14-37-13-12-36-11-10-35/h31-32,35H,6-30H2,1-5H3. The molecule has 0 amide bonds. The zero-order chi connectivity index (χ0) is 32.9. The summed E-state index contributed by atoms with van der Waals surface area (Å²) in [6.45, 7) is 21.9. The summed E-state index contributed by atoms with van der Waals surface area (Å²) in [5.74, 6) is 0.795. The molecular weight excluding hydrogens is 584 g/mol. The van der Waals surface area contributed by atoms with E-state index in [1.165, 1.54) is 19.3 Å². The second-order valence-corrected chi connectivity index (χ2v) is 13.3. The maximum absolute atomic E-state index is 8.58. The van der Waals surface area contributed by atoms with Crippen molar-refractivity contribution >= 4 is 0 Å². The monoisotopic (exact) mass is 652 g/mol. The topological polar surface area (TPSA) is 113 Å². The number of aliphatic hydroxyl groups excluding tert-OH is 1. The van der Waals surface area contributed by atoms with Gasteiger partial charge in [0.1, 0.15) is 0 Å². The lowest BCUT2D eigenvalue weighted by Crippen LogP contribution is -2.34. The summed E-state index contributed by atoms with van der Waals surface area (Å²) in [7, 11) is 0. The second-order valence-electron chi connectivity index (χ2n) is 13.3. The molecule has 0 atom stereocenters. The first-order chi connectivity index (χ1) is 21.7. The Morgan fingerprint density at radius 2 is 0.711 bits per heavy atom.